The minimum Gasteiger partial charge on any atom is -0.376 e. The summed E-state index contributed by atoms with van der Waals surface area (Å²) >= 11 is 0. The van der Waals surface area contributed by atoms with Crippen LogP contribution in [0.15, 0.2) is 18.2 Å². The van der Waals surface area contributed by atoms with E-state index in [1.165, 1.54) is 12.5 Å². The molecule has 1 aromatic rings. The highest BCUT2D eigenvalue weighted by atomic mass is 19.1. The van der Waals surface area contributed by atoms with E-state index in [1.54, 1.807) is 19.1 Å². The van der Waals surface area contributed by atoms with Crippen molar-refractivity contribution in [3.05, 3.63) is 29.6 Å². The fraction of sp³-hybridized carbons (Fsp3) is 0.500. The van der Waals surface area contributed by atoms with Crippen molar-refractivity contribution >= 4 is 11.6 Å². The first-order valence-electron chi connectivity index (χ1n) is 6.45. The molecule has 18 heavy (non-hydrogen) atoms. The Hall–Kier alpha value is -1.58. The van der Waals surface area contributed by atoms with Gasteiger partial charge in [0.25, 0.3) is 0 Å². The second-order valence-corrected chi connectivity index (χ2v) is 4.71. The Morgan fingerprint density at radius 3 is 2.78 bits per heavy atom. The lowest BCUT2D eigenvalue weighted by Crippen LogP contribution is -2.39. The molecule has 1 heterocycles. The van der Waals surface area contributed by atoms with E-state index in [0.29, 0.717) is 11.3 Å². The van der Waals surface area contributed by atoms with Crippen LogP contribution < -0.4 is 5.32 Å². The van der Waals surface area contributed by atoms with E-state index in [9.17, 15) is 9.18 Å². The van der Waals surface area contributed by atoms with E-state index in [4.69, 9.17) is 0 Å². The summed E-state index contributed by atoms with van der Waals surface area (Å²) < 4.78 is 13.3. The highest BCUT2D eigenvalue weighted by molar-refractivity contribution is 5.81. The van der Waals surface area contributed by atoms with Crippen molar-refractivity contribution in [2.75, 3.05) is 25.0 Å². The summed E-state index contributed by atoms with van der Waals surface area (Å²) in [6.07, 6.45) is 3.38. The molecule has 1 amide bonds. The predicted molar refractivity (Wildman–Crippen MR) is 70.1 cm³/mol. The highest BCUT2D eigenvalue weighted by Crippen LogP contribution is 2.17. The van der Waals surface area contributed by atoms with E-state index in [1.807, 2.05) is 4.90 Å². The Morgan fingerprint density at radius 1 is 1.33 bits per heavy atom. The van der Waals surface area contributed by atoms with Crippen molar-refractivity contribution in [3.63, 3.8) is 0 Å². The van der Waals surface area contributed by atoms with E-state index in [2.05, 4.69) is 5.32 Å². The van der Waals surface area contributed by atoms with Crippen molar-refractivity contribution in [2.45, 2.75) is 26.2 Å². The Labute approximate surface area is 107 Å². The van der Waals surface area contributed by atoms with Gasteiger partial charge in [0.15, 0.2) is 0 Å². The average Bonchev–Trinajstić information content (AvgIpc) is 2.41. The number of rotatable bonds is 3. The molecule has 4 heteroatoms. The number of carbonyl (C=O) groups is 1. The average molecular weight is 250 g/mol. The lowest BCUT2D eigenvalue weighted by molar-refractivity contribution is -0.130. The van der Waals surface area contributed by atoms with Crippen molar-refractivity contribution in [3.8, 4) is 0 Å². The number of likely N-dealkylation sites (tertiary alicyclic amines) is 1. The van der Waals surface area contributed by atoms with E-state index >= 15 is 0 Å². The fourth-order valence-electron chi connectivity index (χ4n) is 2.22. The summed E-state index contributed by atoms with van der Waals surface area (Å²) in [5.41, 5.74) is 1.25. The fourth-order valence-corrected chi connectivity index (χ4v) is 2.22. The number of nitrogens with one attached hydrogen (secondary N) is 1. The molecular formula is C14H19FN2O. The number of nitrogens with zero attached hydrogens (tertiary/aromatic N) is 1. The van der Waals surface area contributed by atoms with Crippen LogP contribution in [0, 0.1) is 12.7 Å². The van der Waals surface area contributed by atoms with Crippen molar-refractivity contribution in [1.29, 1.82) is 0 Å². The van der Waals surface area contributed by atoms with Crippen LogP contribution in [0.2, 0.25) is 0 Å². The number of piperidine rings is 1. The second-order valence-electron chi connectivity index (χ2n) is 4.71. The normalized spacial score (nSPS) is 15.6. The summed E-state index contributed by atoms with van der Waals surface area (Å²) in [5, 5.41) is 3.02. The van der Waals surface area contributed by atoms with Crippen LogP contribution in [-0.4, -0.2) is 30.4 Å². The maximum atomic E-state index is 13.3. The third-order valence-electron chi connectivity index (χ3n) is 3.41. The minimum absolute atomic E-state index is 0.0957. The van der Waals surface area contributed by atoms with Crippen LogP contribution in [0.5, 0.6) is 0 Å². The summed E-state index contributed by atoms with van der Waals surface area (Å²) in [6.45, 7) is 3.65. The van der Waals surface area contributed by atoms with Crippen LogP contribution in [0.4, 0.5) is 10.1 Å². The molecular weight excluding hydrogens is 231 g/mol. The highest BCUT2D eigenvalue weighted by Gasteiger charge is 2.16. The van der Waals surface area contributed by atoms with Crippen molar-refractivity contribution in [2.24, 2.45) is 0 Å². The van der Waals surface area contributed by atoms with Gasteiger partial charge in [-0.1, -0.05) is 6.07 Å². The van der Waals surface area contributed by atoms with Gasteiger partial charge in [0, 0.05) is 24.3 Å². The Bertz CT molecular complexity index is 428. The Kier molecular flexibility index (Phi) is 4.18. The summed E-state index contributed by atoms with van der Waals surface area (Å²) in [7, 11) is 0. The lowest BCUT2D eigenvalue weighted by atomic mass is 10.1. The molecule has 3 nitrogen and oxygen atoms in total. The van der Waals surface area contributed by atoms with E-state index in [-0.39, 0.29) is 18.3 Å². The molecule has 0 aromatic heterocycles. The maximum absolute atomic E-state index is 13.3. The summed E-state index contributed by atoms with van der Waals surface area (Å²) in [4.78, 5) is 13.8. The molecule has 0 unspecified atom stereocenters. The number of amides is 1. The minimum atomic E-state index is -0.245. The van der Waals surface area contributed by atoms with Crippen LogP contribution >= 0.6 is 0 Å². The van der Waals surface area contributed by atoms with Gasteiger partial charge in [-0.2, -0.15) is 0 Å². The van der Waals surface area contributed by atoms with Gasteiger partial charge in [0.05, 0.1) is 6.54 Å². The number of halogens is 1. The smallest absolute Gasteiger partial charge is 0.241 e. The molecule has 0 saturated carbocycles. The van der Waals surface area contributed by atoms with Gasteiger partial charge in [0.1, 0.15) is 5.82 Å². The molecule has 1 saturated heterocycles. The van der Waals surface area contributed by atoms with E-state index in [0.717, 1.165) is 25.9 Å². The SMILES string of the molecule is Cc1c(F)cccc1NCC(=O)N1CCCCC1. The Morgan fingerprint density at radius 2 is 2.06 bits per heavy atom. The number of carbonyl (C=O) groups excluding carboxylic acids is 1. The molecule has 1 fully saturated rings. The molecule has 1 aliphatic rings. The molecule has 98 valence electrons. The van der Waals surface area contributed by atoms with Crippen molar-refractivity contribution < 1.29 is 9.18 Å². The zero-order valence-electron chi connectivity index (χ0n) is 10.7. The maximum Gasteiger partial charge on any atom is 0.241 e. The number of benzene rings is 1. The summed E-state index contributed by atoms with van der Waals surface area (Å²) in [5.74, 6) is -0.149. The van der Waals surface area contributed by atoms with Crippen LogP contribution in [0.25, 0.3) is 0 Å². The zero-order valence-corrected chi connectivity index (χ0v) is 10.7. The van der Waals surface area contributed by atoms with Crippen molar-refractivity contribution in [1.82, 2.24) is 4.90 Å². The predicted octanol–water partition coefficient (Wildman–Crippen LogP) is 2.56. The van der Waals surface area contributed by atoms with Crippen LogP contribution in [0.1, 0.15) is 24.8 Å². The van der Waals surface area contributed by atoms with Crippen LogP contribution in [0.3, 0.4) is 0 Å². The van der Waals surface area contributed by atoms with E-state index < -0.39 is 0 Å². The Balaban J connectivity index is 1.90. The molecule has 1 aromatic carbocycles. The molecule has 0 atom stereocenters. The monoisotopic (exact) mass is 250 g/mol. The van der Waals surface area contributed by atoms with Gasteiger partial charge in [-0.25, -0.2) is 4.39 Å². The van der Waals surface area contributed by atoms with Crippen LogP contribution in [-0.2, 0) is 4.79 Å². The van der Waals surface area contributed by atoms with Gasteiger partial charge in [0.2, 0.25) is 5.91 Å². The van der Waals surface area contributed by atoms with Gasteiger partial charge < -0.3 is 10.2 Å². The van der Waals surface area contributed by atoms with Gasteiger partial charge >= 0.3 is 0 Å². The molecule has 1 aliphatic heterocycles. The number of hydrogen-bond donors (Lipinski definition) is 1. The van der Waals surface area contributed by atoms with Gasteiger partial charge in [-0.15, -0.1) is 0 Å². The first kappa shape index (κ1) is 12.9. The van der Waals surface area contributed by atoms with Gasteiger partial charge in [-0.05, 0) is 38.3 Å². The van der Waals surface area contributed by atoms with Gasteiger partial charge in [-0.3, -0.25) is 4.79 Å². The molecule has 1 N–H and O–H groups in total. The largest absolute Gasteiger partial charge is 0.376 e. The molecule has 2 rings (SSSR count). The molecule has 0 spiro atoms. The quantitative estimate of drug-likeness (QED) is 0.894. The zero-order chi connectivity index (χ0) is 13.0. The first-order chi connectivity index (χ1) is 8.68. The second kappa shape index (κ2) is 5.85. The topological polar surface area (TPSA) is 32.3 Å². The standard InChI is InChI=1S/C14H19FN2O/c1-11-12(15)6-5-7-13(11)16-10-14(18)17-8-3-2-4-9-17/h5-7,16H,2-4,8-10H2,1H3. The molecule has 0 radical (unpaired) electrons. The first-order valence-corrected chi connectivity index (χ1v) is 6.45. The third-order valence-corrected chi connectivity index (χ3v) is 3.41. The number of hydrogen-bond acceptors (Lipinski definition) is 2. The lowest BCUT2D eigenvalue weighted by Gasteiger charge is -2.27. The molecule has 0 aliphatic carbocycles. The summed E-state index contributed by atoms with van der Waals surface area (Å²) in [6, 6.07) is 4.87. The molecule has 0 bridgehead atoms. The number of anilines is 1. The third kappa shape index (κ3) is 3.00.